The van der Waals surface area contributed by atoms with Crippen LogP contribution in [0.4, 0.5) is 4.79 Å². The second-order valence-corrected chi connectivity index (χ2v) is 5.08. The third kappa shape index (κ3) is 5.16. The summed E-state index contributed by atoms with van der Waals surface area (Å²) in [6.07, 6.45) is 7.01. The van der Waals surface area contributed by atoms with Crippen LogP contribution in [0.25, 0.3) is 0 Å². The highest BCUT2D eigenvalue weighted by Crippen LogP contribution is 2.03. The fourth-order valence-corrected chi connectivity index (χ4v) is 2.18. The molecule has 2 heterocycles. The number of hydrogen-bond acceptors (Lipinski definition) is 3. The number of urea groups is 1. The first-order valence-corrected chi connectivity index (χ1v) is 7.61. The second-order valence-electron chi connectivity index (χ2n) is 5.08. The first-order chi connectivity index (χ1) is 10.8. The monoisotopic (exact) mass is 298 g/mol. The van der Waals surface area contributed by atoms with Gasteiger partial charge < -0.3 is 10.2 Å². The molecule has 0 aliphatic carbocycles. The summed E-state index contributed by atoms with van der Waals surface area (Å²) in [5, 5.41) is 2.98. The SMILES string of the molecule is CCCN(Cc1ccccn1)C(=O)NCCc1ccncc1. The maximum atomic E-state index is 12.3. The van der Waals surface area contributed by atoms with E-state index in [0.717, 1.165) is 25.1 Å². The van der Waals surface area contributed by atoms with Gasteiger partial charge in [-0.3, -0.25) is 9.97 Å². The molecular weight excluding hydrogens is 276 g/mol. The minimum atomic E-state index is -0.0402. The lowest BCUT2D eigenvalue weighted by atomic mass is 10.2. The minimum Gasteiger partial charge on any atom is -0.338 e. The molecule has 116 valence electrons. The lowest BCUT2D eigenvalue weighted by Gasteiger charge is -2.22. The summed E-state index contributed by atoms with van der Waals surface area (Å²) in [5.74, 6) is 0. The van der Waals surface area contributed by atoms with E-state index >= 15 is 0 Å². The van der Waals surface area contributed by atoms with Crippen LogP contribution in [0.3, 0.4) is 0 Å². The van der Waals surface area contributed by atoms with Gasteiger partial charge in [-0.2, -0.15) is 0 Å². The lowest BCUT2D eigenvalue weighted by molar-refractivity contribution is 0.194. The van der Waals surface area contributed by atoms with Gasteiger partial charge in [-0.15, -0.1) is 0 Å². The smallest absolute Gasteiger partial charge is 0.317 e. The molecule has 0 atom stereocenters. The van der Waals surface area contributed by atoms with E-state index in [1.54, 1.807) is 23.5 Å². The van der Waals surface area contributed by atoms with Gasteiger partial charge in [-0.25, -0.2) is 4.79 Å². The predicted octanol–water partition coefficient (Wildman–Crippen LogP) is 2.64. The molecule has 5 nitrogen and oxygen atoms in total. The van der Waals surface area contributed by atoms with Gasteiger partial charge in [0.15, 0.2) is 0 Å². The molecule has 5 heteroatoms. The molecule has 22 heavy (non-hydrogen) atoms. The number of nitrogens with one attached hydrogen (secondary N) is 1. The predicted molar refractivity (Wildman–Crippen MR) is 86.3 cm³/mol. The Labute approximate surface area is 131 Å². The lowest BCUT2D eigenvalue weighted by Crippen LogP contribution is -2.40. The number of nitrogens with zero attached hydrogens (tertiary/aromatic N) is 3. The van der Waals surface area contributed by atoms with Crippen molar-refractivity contribution in [3.8, 4) is 0 Å². The average Bonchev–Trinajstić information content (AvgIpc) is 2.56. The summed E-state index contributed by atoms with van der Waals surface area (Å²) in [5.41, 5.74) is 2.07. The molecule has 0 fully saturated rings. The molecule has 0 spiro atoms. The molecule has 0 unspecified atom stereocenters. The Morgan fingerprint density at radius 1 is 1.18 bits per heavy atom. The molecule has 2 amide bonds. The Kier molecular flexibility index (Phi) is 6.36. The van der Waals surface area contributed by atoms with Crippen LogP contribution in [-0.4, -0.2) is 34.0 Å². The first-order valence-electron chi connectivity index (χ1n) is 7.61. The van der Waals surface area contributed by atoms with Gasteiger partial charge in [0.1, 0.15) is 0 Å². The molecule has 0 aliphatic heterocycles. The molecule has 0 saturated carbocycles. The van der Waals surface area contributed by atoms with E-state index in [1.165, 1.54) is 5.56 Å². The van der Waals surface area contributed by atoms with E-state index in [4.69, 9.17) is 0 Å². The fraction of sp³-hybridized carbons (Fsp3) is 0.353. The van der Waals surface area contributed by atoms with Gasteiger partial charge in [0, 0.05) is 31.7 Å². The number of carbonyl (C=O) groups is 1. The van der Waals surface area contributed by atoms with Crippen molar-refractivity contribution in [1.82, 2.24) is 20.2 Å². The van der Waals surface area contributed by atoms with E-state index in [2.05, 4.69) is 22.2 Å². The molecule has 0 radical (unpaired) electrons. The van der Waals surface area contributed by atoms with Crippen LogP contribution in [0.15, 0.2) is 48.9 Å². The zero-order chi connectivity index (χ0) is 15.6. The van der Waals surface area contributed by atoms with Crippen molar-refractivity contribution in [3.05, 3.63) is 60.2 Å². The van der Waals surface area contributed by atoms with Crippen molar-refractivity contribution in [1.29, 1.82) is 0 Å². The molecule has 0 aliphatic rings. The molecule has 0 bridgehead atoms. The van der Waals surface area contributed by atoms with Crippen LogP contribution >= 0.6 is 0 Å². The Bertz CT molecular complexity index is 559. The topological polar surface area (TPSA) is 58.1 Å². The number of amides is 2. The second kappa shape index (κ2) is 8.77. The summed E-state index contributed by atoms with van der Waals surface area (Å²) in [4.78, 5) is 22.4. The van der Waals surface area contributed by atoms with Crippen molar-refractivity contribution in [2.45, 2.75) is 26.3 Å². The van der Waals surface area contributed by atoms with E-state index in [-0.39, 0.29) is 6.03 Å². The van der Waals surface area contributed by atoms with Crippen molar-refractivity contribution in [2.75, 3.05) is 13.1 Å². The first kappa shape index (κ1) is 15.9. The highest BCUT2D eigenvalue weighted by Gasteiger charge is 2.12. The number of rotatable bonds is 7. The van der Waals surface area contributed by atoms with Gasteiger partial charge in [0.2, 0.25) is 0 Å². The molecule has 0 saturated heterocycles. The van der Waals surface area contributed by atoms with Crippen LogP contribution in [0.5, 0.6) is 0 Å². The van der Waals surface area contributed by atoms with Gasteiger partial charge in [-0.05, 0) is 42.7 Å². The van der Waals surface area contributed by atoms with E-state index in [0.29, 0.717) is 13.1 Å². The molecule has 1 N–H and O–H groups in total. The molecule has 0 aromatic carbocycles. The quantitative estimate of drug-likeness (QED) is 0.855. The highest BCUT2D eigenvalue weighted by molar-refractivity contribution is 5.74. The summed E-state index contributed by atoms with van der Waals surface area (Å²) < 4.78 is 0. The zero-order valence-electron chi connectivity index (χ0n) is 12.9. The summed E-state index contributed by atoms with van der Waals surface area (Å²) >= 11 is 0. The number of carbonyl (C=O) groups excluding carboxylic acids is 1. The van der Waals surface area contributed by atoms with Gasteiger partial charge in [-0.1, -0.05) is 13.0 Å². The van der Waals surface area contributed by atoms with Gasteiger partial charge in [0.25, 0.3) is 0 Å². The molecule has 2 rings (SSSR count). The highest BCUT2D eigenvalue weighted by atomic mass is 16.2. The molecular formula is C17H22N4O. The van der Waals surface area contributed by atoms with E-state index in [1.807, 2.05) is 30.3 Å². The average molecular weight is 298 g/mol. The van der Waals surface area contributed by atoms with Crippen molar-refractivity contribution < 1.29 is 4.79 Å². The van der Waals surface area contributed by atoms with Gasteiger partial charge >= 0.3 is 6.03 Å². The van der Waals surface area contributed by atoms with Crippen LogP contribution in [0.1, 0.15) is 24.6 Å². The van der Waals surface area contributed by atoms with Gasteiger partial charge in [0.05, 0.1) is 12.2 Å². The number of aromatic nitrogens is 2. The maximum absolute atomic E-state index is 12.3. The van der Waals surface area contributed by atoms with Crippen molar-refractivity contribution in [3.63, 3.8) is 0 Å². The molecule has 2 aromatic heterocycles. The van der Waals surface area contributed by atoms with Crippen LogP contribution in [0.2, 0.25) is 0 Å². The standard InChI is InChI=1S/C17H22N4O/c1-2-13-21(14-16-5-3-4-9-19-16)17(22)20-12-8-15-6-10-18-11-7-15/h3-7,9-11H,2,8,12-14H2,1H3,(H,20,22). The maximum Gasteiger partial charge on any atom is 0.317 e. The van der Waals surface area contributed by atoms with Crippen LogP contribution < -0.4 is 5.32 Å². The largest absolute Gasteiger partial charge is 0.338 e. The zero-order valence-corrected chi connectivity index (χ0v) is 12.9. The van der Waals surface area contributed by atoms with Crippen molar-refractivity contribution >= 4 is 6.03 Å². The Balaban J connectivity index is 1.84. The Hall–Kier alpha value is -2.43. The normalized spacial score (nSPS) is 10.2. The number of hydrogen-bond donors (Lipinski definition) is 1. The van der Waals surface area contributed by atoms with E-state index < -0.39 is 0 Å². The molecule has 2 aromatic rings. The van der Waals surface area contributed by atoms with Crippen LogP contribution in [0, 0.1) is 0 Å². The van der Waals surface area contributed by atoms with E-state index in [9.17, 15) is 4.79 Å². The summed E-state index contributed by atoms with van der Waals surface area (Å²) in [7, 11) is 0. The summed E-state index contributed by atoms with van der Waals surface area (Å²) in [6.45, 7) is 3.94. The third-order valence-electron chi connectivity index (χ3n) is 3.30. The number of pyridine rings is 2. The Morgan fingerprint density at radius 2 is 2.00 bits per heavy atom. The summed E-state index contributed by atoms with van der Waals surface area (Å²) in [6, 6.07) is 9.64. The van der Waals surface area contributed by atoms with Crippen molar-refractivity contribution in [2.24, 2.45) is 0 Å². The fourth-order valence-electron chi connectivity index (χ4n) is 2.18. The third-order valence-corrected chi connectivity index (χ3v) is 3.30. The Morgan fingerprint density at radius 3 is 2.68 bits per heavy atom. The van der Waals surface area contributed by atoms with Crippen LogP contribution in [-0.2, 0) is 13.0 Å². The minimum absolute atomic E-state index is 0.0402.